The van der Waals surface area contributed by atoms with Gasteiger partial charge in [0.2, 0.25) is 0 Å². The van der Waals surface area contributed by atoms with E-state index < -0.39 is 5.97 Å². The van der Waals surface area contributed by atoms with Gasteiger partial charge in [-0.1, -0.05) is 48.8 Å². The van der Waals surface area contributed by atoms with Crippen LogP contribution in [0.5, 0.6) is 5.75 Å². The van der Waals surface area contributed by atoms with Gasteiger partial charge in [-0.3, -0.25) is 4.40 Å². The van der Waals surface area contributed by atoms with Gasteiger partial charge in [0.1, 0.15) is 22.9 Å². The fourth-order valence-electron chi connectivity index (χ4n) is 4.64. The van der Waals surface area contributed by atoms with Crippen molar-refractivity contribution in [2.45, 2.75) is 53.5 Å². The van der Waals surface area contributed by atoms with E-state index in [-0.39, 0.29) is 11.0 Å². The van der Waals surface area contributed by atoms with Crippen LogP contribution >= 0.6 is 15.9 Å². The number of aromatic nitrogens is 2. The monoisotopic (exact) mass is 533 g/mol. The highest BCUT2D eigenvalue weighted by Crippen LogP contribution is 2.38. The number of hydrogen-bond donors (Lipinski definition) is 1. The molecule has 0 amide bonds. The number of anilines is 1. The second kappa shape index (κ2) is 9.50. The molecule has 0 atom stereocenters. The number of rotatable bonds is 6. The molecule has 0 saturated carbocycles. The quantitative estimate of drug-likeness (QED) is 0.202. The van der Waals surface area contributed by atoms with Crippen molar-refractivity contribution in [3.63, 3.8) is 0 Å². The number of nitrogens with zero attached hydrogens (tertiary/aromatic N) is 2. The third-order valence-corrected chi connectivity index (χ3v) is 6.16. The zero-order valence-corrected chi connectivity index (χ0v) is 22.7. The zero-order valence-electron chi connectivity index (χ0n) is 21.1. The van der Waals surface area contributed by atoms with Crippen molar-refractivity contribution in [3.05, 3.63) is 82.5 Å². The molecule has 0 aliphatic rings. The Morgan fingerprint density at radius 3 is 2.40 bits per heavy atom. The summed E-state index contributed by atoms with van der Waals surface area (Å²) in [5.74, 6) is 0.936. The molecule has 4 aromatic rings. The maximum Gasteiger partial charge on any atom is 0.343 e. The molecule has 0 unspecified atom stereocenters. The highest BCUT2D eigenvalue weighted by Gasteiger charge is 2.29. The molecule has 35 heavy (non-hydrogen) atoms. The maximum absolute atomic E-state index is 12.9. The molecule has 0 bridgehead atoms. The van der Waals surface area contributed by atoms with Gasteiger partial charge in [-0.15, -0.1) is 0 Å². The minimum Gasteiger partial charge on any atom is -0.422 e. The summed E-state index contributed by atoms with van der Waals surface area (Å²) in [5, 5.41) is 3.76. The van der Waals surface area contributed by atoms with Crippen LogP contribution in [0.3, 0.4) is 0 Å². The van der Waals surface area contributed by atoms with Crippen LogP contribution in [-0.2, 0) is 0 Å². The summed E-state index contributed by atoms with van der Waals surface area (Å²) < 4.78 is 8.86. The zero-order chi connectivity index (χ0) is 25.4. The third-order valence-electron chi connectivity index (χ3n) is 5.64. The molecule has 182 valence electrons. The number of imidazole rings is 1. The first-order chi connectivity index (χ1) is 16.4. The highest BCUT2D eigenvalue weighted by atomic mass is 79.9. The number of pyridine rings is 1. The molecule has 0 aliphatic carbocycles. The van der Waals surface area contributed by atoms with E-state index in [0.717, 1.165) is 39.2 Å². The Bertz CT molecular complexity index is 1370. The van der Waals surface area contributed by atoms with Gasteiger partial charge in [0, 0.05) is 21.8 Å². The van der Waals surface area contributed by atoms with Crippen LogP contribution in [0.4, 0.5) is 5.82 Å². The number of ether oxygens (including phenoxy) is 1. The van der Waals surface area contributed by atoms with Crippen LogP contribution in [0.15, 0.2) is 71.3 Å². The number of carbonyl (C=O) groups is 1. The second-order valence-electron chi connectivity index (χ2n) is 10.9. The van der Waals surface area contributed by atoms with E-state index in [2.05, 4.69) is 79.3 Å². The topological polar surface area (TPSA) is 55.6 Å². The molecular weight excluding hydrogens is 502 g/mol. The molecule has 1 N–H and O–H groups in total. The van der Waals surface area contributed by atoms with Gasteiger partial charge in [-0.25, -0.2) is 9.78 Å². The van der Waals surface area contributed by atoms with E-state index in [4.69, 9.17) is 9.72 Å². The number of nitrogens with one attached hydrogen (secondary N) is 1. The molecule has 0 fully saturated rings. The lowest BCUT2D eigenvalue weighted by atomic mass is 9.82. The van der Waals surface area contributed by atoms with Crippen molar-refractivity contribution in [2.24, 2.45) is 5.41 Å². The average Bonchev–Trinajstić information content (AvgIpc) is 3.09. The Labute approximate surface area is 215 Å². The summed E-state index contributed by atoms with van der Waals surface area (Å²) in [5.41, 5.74) is 3.90. The van der Waals surface area contributed by atoms with Gasteiger partial charge in [0.15, 0.2) is 0 Å². The molecule has 2 heterocycles. The van der Waals surface area contributed by atoms with Gasteiger partial charge in [0.05, 0.1) is 5.56 Å². The number of aryl methyl sites for hydroxylation is 1. The van der Waals surface area contributed by atoms with Gasteiger partial charge in [-0.05, 0) is 86.7 Å². The minimum absolute atomic E-state index is 0.145. The molecule has 0 radical (unpaired) electrons. The molecule has 0 aliphatic heterocycles. The van der Waals surface area contributed by atoms with Crippen LogP contribution in [0.2, 0.25) is 0 Å². The maximum atomic E-state index is 12.9. The van der Waals surface area contributed by atoms with Crippen molar-refractivity contribution in [1.82, 2.24) is 9.38 Å². The molecule has 5 nitrogen and oxygen atoms in total. The van der Waals surface area contributed by atoms with Crippen molar-refractivity contribution in [1.29, 1.82) is 0 Å². The number of fused-ring (bicyclic) bond motifs is 1. The lowest BCUT2D eigenvalue weighted by Crippen LogP contribution is -2.36. The van der Waals surface area contributed by atoms with Crippen molar-refractivity contribution >= 4 is 33.4 Å². The summed E-state index contributed by atoms with van der Waals surface area (Å²) in [6.45, 7) is 13.2. The molecule has 2 aromatic heterocycles. The third kappa shape index (κ3) is 5.93. The average molecular weight is 534 g/mol. The van der Waals surface area contributed by atoms with Crippen molar-refractivity contribution in [2.75, 3.05) is 5.32 Å². The first-order valence-corrected chi connectivity index (χ1v) is 12.6. The SMILES string of the molecule is Cc1ccn2c(NC(C)(C)CC(C)(C)C)c(-c3ccccc3OC(=O)c3ccc(Br)cc3)nc2c1. The molecular formula is C29H32BrN3O2. The minimum atomic E-state index is -0.410. The molecule has 0 spiro atoms. The number of halogens is 1. The summed E-state index contributed by atoms with van der Waals surface area (Å²) in [6.07, 6.45) is 2.99. The Morgan fingerprint density at radius 1 is 1.03 bits per heavy atom. The van der Waals surface area contributed by atoms with E-state index in [9.17, 15) is 4.79 Å². The fourth-order valence-corrected chi connectivity index (χ4v) is 4.90. The fraction of sp³-hybridized carbons (Fsp3) is 0.310. The van der Waals surface area contributed by atoms with Crippen LogP contribution < -0.4 is 10.1 Å². The predicted molar refractivity (Wildman–Crippen MR) is 146 cm³/mol. The van der Waals surface area contributed by atoms with Crippen LogP contribution in [0.1, 0.15) is 57.0 Å². The predicted octanol–water partition coefficient (Wildman–Crippen LogP) is 7.92. The van der Waals surface area contributed by atoms with E-state index in [1.54, 1.807) is 12.1 Å². The largest absolute Gasteiger partial charge is 0.422 e. The molecule has 2 aromatic carbocycles. The normalized spacial score (nSPS) is 12.1. The first-order valence-electron chi connectivity index (χ1n) is 11.8. The van der Waals surface area contributed by atoms with Gasteiger partial charge in [0.25, 0.3) is 0 Å². The molecule has 4 rings (SSSR count). The number of para-hydroxylation sites is 1. The van der Waals surface area contributed by atoms with Crippen molar-refractivity contribution in [3.8, 4) is 17.0 Å². The summed E-state index contributed by atoms with van der Waals surface area (Å²) in [6, 6.07) is 18.8. The smallest absolute Gasteiger partial charge is 0.343 e. The number of esters is 1. The van der Waals surface area contributed by atoms with E-state index in [1.165, 1.54) is 0 Å². The van der Waals surface area contributed by atoms with Gasteiger partial charge >= 0.3 is 5.97 Å². The van der Waals surface area contributed by atoms with Gasteiger partial charge in [-0.2, -0.15) is 0 Å². The Balaban J connectivity index is 1.79. The van der Waals surface area contributed by atoms with E-state index in [1.807, 2.05) is 42.6 Å². The molecule has 6 heteroatoms. The second-order valence-corrected chi connectivity index (χ2v) is 11.8. The summed E-state index contributed by atoms with van der Waals surface area (Å²) in [7, 11) is 0. The summed E-state index contributed by atoms with van der Waals surface area (Å²) >= 11 is 3.41. The Kier molecular flexibility index (Phi) is 6.78. The summed E-state index contributed by atoms with van der Waals surface area (Å²) in [4.78, 5) is 17.9. The lowest BCUT2D eigenvalue weighted by Gasteiger charge is -2.34. The van der Waals surface area contributed by atoms with Crippen LogP contribution in [0.25, 0.3) is 16.9 Å². The van der Waals surface area contributed by atoms with Gasteiger partial charge < -0.3 is 10.1 Å². The molecule has 0 saturated heterocycles. The van der Waals surface area contributed by atoms with E-state index in [0.29, 0.717) is 11.3 Å². The standard InChI is InChI=1S/C29H32BrN3O2/c1-19-15-16-33-24(17-19)31-25(26(33)32-29(5,6)18-28(2,3)4)22-9-7-8-10-23(22)35-27(34)20-11-13-21(30)14-12-20/h7-17,32H,18H2,1-6H3. The highest BCUT2D eigenvalue weighted by molar-refractivity contribution is 9.10. The Morgan fingerprint density at radius 2 is 1.71 bits per heavy atom. The van der Waals surface area contributed by atoms with Crippen molar-refractivity contribution < 1.29 is 9.53 Å². The first kappa shape index (κ1) is 25.0. The number of hydrogen-bond acceptors (Lipinski definition) is 4. The lowest BCUT2D eigenvalue weighted by molar-refractivity contribution is 0.0735. The van der Waals surface area contributed by atoms with Crippen LogP contribution in [-0.4, -0.2) is 20.9 Å². The Hall–Kier alpha value is -3.12. The number of carbonyl (C=O) groups excluding carboxylic acids is 1. The van der Waals surface area contributed by atoms with E-state index >= 15 is 0 Å². The van der Waals surface area contributed by atoms with Crippen LogP contribution in [0, 0.1) is 12.3 Å². The number of benzene rings is 2.